The van der Waals surface area contributed by atoms with Crippen LogP contribution in [0.3, 0.4) is 0 Å². The second-order valence-corrected chi connectivity index (χ2v) is 4.18. The zero-order chi connectivity index (χ0) is 12.8. The van der Waals surface area contributed by atoms with Crippen LogP contribution in [0.4, 0.5) is 11.4 Å². The third-order valence-corrected chi connectivity index (χ3v) is 2.85. The standard InChI is InChI=1S/C15H16ClNO/c1-2-18-15-5-3-4-14(10-15)17-13-8-6-12(11-16)7-9-13/h3-10,17H,2,11H2,1H3. The van der Waals surface area contributed by atoms with Gasteiger partial charge in [0.1, 0.15) is 5.75 Å². The van der Waals surface area contributed by atoms with Gasteiger partial charge in [-0.25, -0.2) is 0 Å². The fourth-order valence-electron chi connectivity index (χ4n) is 1.67. The molecular weight excluding hydrogens is 246 g/mol. The Bertz CT molecular complexity index is 496. The van der Waals surface area contributed by atoms with E-state index in [-0.39, 0.29) is 0 Å². The number of alkyl halides is 1. The predicted molar refractivity (Wildman–Crippen MR) is 76.9 cm³/mol. The van der Waals surface area contributed by atoms with Crippen molar-refractivity contribution >= 4 is 23.0 Å². The molecule has 0 atom stereocenters. The normalized spacial score (nSPS) is 10.1. The zero-order valence-corrected chi connectivity index (χ0v) is 11.1. The molecular formula is C15H16ClNO. The van der Waals surface area contributed by atoms with Crippen molar-refractivity contribution < 1.29 is 4.74 Å². The molecule has 2 aromatic rings. The van der Waals surface area contributed by atoms with Crippen LogP contribution in [0.2, 0.25) is 0 Å². The number of hydrogen-bond donors (Lipinski definition) is 1. The van der Waals surface area contributed by atoms with Crippen LogP contribution in [0.1, 0.15) is 12.5 Å². The van der Waals surface area contributed by atoms with Gasteiger partial charge in [0.15, 0.2) is 0 Å². The summed E-state index contributed by atoms with van der Waals surface area (Å²) in [5.74, 6) is 1.42. The van der Waals surface area contributed by atoms with E-state index < -0.39 is 0 Å². The lowest BCUT2D eigenvalue weighted by molar-refractivity contribution is 0.340. The first kappa shape index (κ1) is 12.8. The summed E-state index contributed by atoms with van der Waals surface area (Å²) in [4.78, 5) is 0. The summed E-state index contributed by atoms with van der Waals surface area (Å²) < 4.78 is 5.46. The molecule has 0 aliphatic heterocycles. The van der Waals surface area contributed by atoms with Crippen molar-refractivity contribution in [2.45, 2.75) is 12.8 Å². The molecule has 0 aliphatic rings. The fourth-order valence-corrected chi connectivity index (χ4v) is 1.85. The van der Waals surface area contributed by atoms with Crippen LogP contribution in [0.5, 0.6) is 5.75 Å². The Morgan fingerprint density at radius 1 is 1.06 bits per heavy atom. The summed E-state index contributed by atoms with van der Waals surface area (Å²) in [6, 6.07) is 16.0. The van der Waals surface area contributed by atoms with Crippen LogP contribution in [0.25, 0.3) is 0 Å². The summed E-state index contributed by atoms with van der Waals surface area (Å²) in [6.45, 7) is 2.65. The Morgan fingerprint density at radius 3 is 2.50 bits per heavy atom. The molecule has 0 saturated carbocycles. The minimum Gasteiger partial charge on any atom is -0.494 e. The highest BCUT2D eigenvalue weighted by Gasteiger charge is 1.98. The van der Waals surface area contributed by atoms with E-state index in [4.69, 9.17) is 16.3 Å². The molecule has 0 radical (unpaired) electrons. The molecule has 0 aliphatic carbocycles. The molecule has 18 heavy (non-hydrogen) atoms. The summed E-state index contributed by atoms with van der Waals surface area (Å²) >= 11 is 5.76. The molecule has 0 unspecified atom stereocenters. The molecule has 94 valence electrons. The number of ether oxygens (including phenoxy) is 1. The van der Waals surface area contributed by atoms with Crippen molar-refractivity contribution in [3.63, 3.8) is 0 Å². The number of hydrogen-bond acceptors (Lipinski definition) is 2. The van der Waals surface area contributed by atoms with Crippen LogP contribution >= 0.6 is 11.6 Å². The number of benzene rings is 2. The van der Waals surface area contributed by atoms with Crippen molar-refractivity contribution in [3.8, 4) is 5.75 Å². The van der Waals surface area contributed by atoms with E-state index in [0.717, 1.165) is 22.7 Å². The monoisotopic (exact) mass is 261 g/mol. The predicted octanol–water partition coefficient (Wildman–Crippen LogP) is 4.57. The van der Waals surface area contributed by atoms with Gasteiger partial charge in [-0.1, -0.05) is 18.2 Å². The van der Waals surface area contributed by atoms with Gasteiger partial charge in [-0.05, 0) is 36.8 Å². The van der Waals surface area contributed by atoms with Gasteiger partial charge in [0.2, 0.25) is 0 Å². The van der Waals surface area contributed by atoms with Crippen molar-refractivity contribution in [2.24, 2.45) is 0 Å². The van der Waals surface area contributed by atoms with Crippen molar-refractivity contribution in [2.75, 3.05) is 11.9 Å². The minimum atomic E-state index is 0.542. The Hall–Kier alpha value is -1.67. The highest BCUT2D eigenvalue weighted by atomic mass is 35.5. The fraction of sp³-hybridized carbons (Fsp3) is 0.200. The number of halogens is 1. The van der Waals surface area contributed by atoms with E-state index in [1.54, 1.807) is 0 Å². The van der Waals surface area contributed by atoms with Gasteiger partial charge in [0.25, 0.3) is 0 Å². The molecule has 2 rings (SSSR count). The van der Waals surface area contributed by atoms with E-state index >= 15 is 0 Å². The zero-order valence-electron chi connectivity index (χ0n) is 10.3. The third-order valence-electron chi connectivity index (χ3n) is 2.54. The largest absolute Gasteiger partial charge is 0.494 e. The highest BCUT2D eigenvalue weighted by Crippen LogP contribution is 2.22. The number of rotatable bonds is 5. The van der Waals surface area contributed by atoms with Crippen LogP contribution < -0.4 is 10.1 Å². The Labute approximate surface area is 113 Å². The lowest BCUT2D eigenvalue weighted by Crippen LogP contribution is -1.94. The molecule has 0 bridgehead atoms. The Balaban J connectivity index is 2.09. The average Bonchev–Trinajstić information content (AvgIpc) is 2.40. The SMILES string of the molecule is CCOc1cccc(Nc2ccc(CCl)cc2)c1. The summed E-state index contributed by atoms with van der Waals surface area (Å²) in [5, 5.41) is 3.33. The lowest BCUT2D eigenvalue weighted by Gasteiger charge is -2.09. The minimum absolute atomic E-state index is 0.542. The maximum Gasteiger partial charge on any atom is 0.121 e. The smallest absolute Gasteiger partial charge is 0.121 e. The molecule has 0 heterocycles. The molecule has 3 heteroatoms. The second-order valence-electron chi connectivity index (χ2n) is 3.92. The first-order valence-corrected chi connectivity index (χ1v) is 6.50. The summed E-state index contributed by atoms with van der Waals surface area (Å²) in [5.41, 5.74) is 3.17. The van der Waals surface area contributed by atoms with Crippen molar-refractivity contribution in [3.05, 3.63) is 54.1 Å². The average molecular weight is 262 g/mol. The van der Waals surface area contributed by atoms with Gasteiger partial charge in [0, 0.05) is 23.3 Å². The first-order chi connectivity index (χ1) is 8.81. The van der Waals surface area contributed by atoms with Gasteiger partial charge in [-0.2, -0.15) is 0 Å². The number of nitrogens with one attached hydrogen (secondary N) is 1. The summed E-state index contributed by atoms with van der Waals surface area (Å²) in [7, 11) is 0. The van der Waals surface area contributed by atoms with Gasteiger partial charge in [-0.3, -0.25) is 0 Å². The van der Waals surface area contributed by atoms with Crippen LogP contribution in [0.15, 0.2) is 48.5 Å². The Kier molecular flexibility index (Phi) is 4.48. The molecule has 1 N–H and O–H groups in total. The molecule has 0 spiro atoms. The maximum absolute atomic E-state index is 5.76. The van der Waals surface area contributed by atoms with Gasteiger partial charge < -0.3 is 10.1 Å². The van der Waals surface area contributed by atoms with E-state index in [0.29, 0.717) is 12.5 Å². The molecule has 0 fully saturated rings. The number of anilines is 2. The summed E-state index contributed by atoms with van der Waals surface area (Å²) in [6.07, 6.45) is 0. The van der Waals surface area contributed by atoms with E-state index in [9.17, 15) is 0 Å². The quantitative estimate of drug-likeness (QED) is 0.796. The van der Waals surface area contributed by atoms with Crippen LogP contribution in [-0.2, 0) is 5.88 Å². The maximum atomic E-state index is 5.76. The van der Waals surface area contributed by atoms with Crippen LogP contribution in [0, 0.1) is 0 Å². The Morgan fingerprint density at radius 2 is 1.83 bits per heavy atom. The van der Waals surface area contributed by atoms with Gasteiger partial charge in [-0.15, -0.1) is 11.6 Å². The van der Waals surface area contributed by atoms with Gasteiger partial charge in [0.05, 0.1) is 6.61 Å². The van der Waals surface area contributed by atoms with Crippen LogP contribution in [-0.4, -0.2) is 6.61 Å². The van der Waals surface area contributed by atoms with E-state index in [1.165, 1.54) is 0 Å². The molecule has 2 aromatic carbocycles. The first-order valence-electron chi connectivity index (χ1n) is 5.96. The second kappa shape index (κ2) is 6.31. The van der Waals surface area contributed by atoms with E-state index in [2.05, 4.69) is 5.32 Å². The van der Waals surface area contributed by atoms with E-state index in [1.807, 2.05) is 55.5 Å². The topological polar surface area (TPSA) is 21.3 Å². The molecule has 0 saturated heterocycles. The highest BCUT2D eigenvalue weighted by molar-refractivity contribution is 6.17. The van der Waals surface area contributed by atoms with Crippen molar-refractivity contribution in [1.29, 1.82) is 0 Å². The molecule has 0 aromatic heterocycles. The molecule has 2 nitrogen and oxygen atoms in total. The van der Waals surface area contributed by atoms with Gasteiger partial charge >= 0.3 is 0 Å². The van der Waals surface area contributed by atoms with Crippen molar-refractivity contribution in [1.82, 2.24) is 0 Å². The molecule has 0 amide bonds. The lowest BCUT2D eigenvalue weighted by atomic mass is 10.2. The third kappa shape index (κ3) is 3.41.